The Kier molecular flexibility index (Phi) is 2.17. The summed E-state index contributed by atoms with van der Waals surface area (Å²) in [5, 5.41) is 9.00. The van der Waals surface area contributed by atoms with Gasteiger partial charge < -0.3 is 15.8 Å². The summed E-state index contributed by atoms with van der Waals surface area (Å²) in [6.07, 6.45) is 1.61. The summed E-state index contributed by atoms with van der Waals surface area (Å²) in [5.74, 6) is -0.839. The highest BCUT2D eigenvalue weighted by molar-refractivity contribution is 6.00. The molecule has 0 saturated carbocycles. The molecule has 4 N–H and O–H groups in total. The van der Waals surface area contributed by atoms with E-state index in [1.165, 1.54) is 0 Å². The van der Waals surface area contributed by atoms with Gasteiger partial charge in [-0.1, -0.05) is 30.3 Å². The summed E-state index contributed by atoms with van der Waals surface area (Å²) >= 11 is 0. The minimum atomic E-state index is -1.02. The highest BCUT2D eigenvalue weighted by atomic mass is 16.4. The number of hydrogen-bond donors (Lipinski definition) is 3. The first-order valence-electron chi connectivity index (χ1n) is 4.45. The molecule has 4 heteroatoms. The van der Waals surface area contributed by atoms with Gasteiger partial charge in [-0.3, -0.25) is 0 Å². The Morgan fingerprint density at radius 2 is 1.93 bits per heavy atom. The average molecular weight is 202 g/mol. The smallest absolute Gasteiger partial charge is 0.340 e. The van der Waals surface area contributed by atoms with Gasteiger partial charge in [0.1, 0.15) is 11.4 Å². The third kappa shape index (κ3) is 1.57. The molecule has 0 fully saturated rings. The number of H-pyrrole nitrogens is 1. The van der Waals surface area contributed by atoms with Crippen LogP contribution in [0.4, 0.5) is 5.82 Å². The van der Waals surface area contributed by atoms with E-state index in [1.807, 2.05) is 30.3 Å². The van der Waals surface area contributed by atoms with Crippen LogP contribution < -0.4 is 5.73 Å². The molecule has 1 aromatic carbocycles. The second kappa shape index (κ2) is 3.49. The molecule has 0 atom stereocenters. The zero-order valence-corrected chi connectivity index (χ0v) is 7.90. The number of carboxylic acid groups (broad SMARTS) is 1. The van der Waals surface area contributed by atoms with Crippen LogP contribution >= 0.6 is 0 Å². The predicted octanol–water partition coefficient (Wildman–Crippen LogP) is 1.96. The summed E-state index contributed by atoms with van der Waals surface area (Å²) in [5.41, 5.74) is 7.12. The molecule has 0 radical (unpaired) electrons. The van der Waals surface area contributed by atoms with Gasteiger partial charge in [-0.2, -0.15) is 0 Å². The Bertz CT molecular complexity index is 489. The van der Waals surface area contributed by atoms with Crippen molar-refractivity contribution in [3.8, 4) is 11.1 Å². The van der Waals surface area contributed by atoms with Gasteiger partial charge in [0.25, 0.3) is 0 Å². The maximum absolute atomic E-state index is 11.0. The number of aromatic amines is 1. The standard InChI is InChI=1S/C11H10N2O2/c12-10-9(11(14)15)8(6-13-10)7-4-2-1-3-5-7/h1-6,13H,12H2,(H,14,15). The highest BCUT2D eigenvalue weighted by Gasteiger charge is 2.16. The summed E-state index contributed by atoms with van der Waals surface area (Å²) in [7, 11) is 0. The Morgan fingerprint density at radius 1 is 1.27 bits per heavy atom. The van der Waals surface area contributed by atoms with Crippen LogP contribution in [-0.4, -0.2) is 16.1 Å². The second-order valence-electron chi connectivity index (χ2n) is 3.16. The van der Waals surface area contributed by atoms with Gasteiger partial charge in [0.15, 0.2) is 0 Å². The van der Waals surface area contributed by atoms with Crippen LogP contribution in [-0.2, 0) is 0 Å². The van der Waals surface area contributed by atoms with Crippen LogP contribution in [0, 0.1) is 0 Å². The van der Waals surface area contributed by atoms with Gasteiger partial charge >= 0.3 is 5.97 Å². The zero-order valence-electron chi connectivity index (χ0n) is 7.90. The number of nitrogens with one attached hydrogen (secondary N) is 1. The number of anilines is 1. The molecule has 1 aromatic heterocycles. The number of carbonyl (C=O) groups is 1. The van der Waals surface area contributed by atoms with E-state index >= 15 is 0 Å². The number of nitrogens with two attached hydrogens (primary N) is 1. The van der Waals surface area contributed by atoms with Crippen LogP contribution in [0.25, 0.3) is 11.1 Å². The molecule has 0 saturated heterocycles. The lowest BCUT2D eigenvalue weighted by atomic mass is 10.0. The lowest BCUT2D eigenvalue weighted by molar-refractivity contribution is 0.0699. The van der Waals surface area contributed by atoms with Crippen LogP contribution in [0.15, 0.2) is 36.5 Å². The second-order valence-corrected chi connectivity index (χ2v) is 3.16. The maximum atomic E-state index is 11.0. The lowest BCUT2D eigenvalue weighted by Gasteiger charge is -2.00. The molecule has 0 aliphatic carbocycles. The van der Waals surface area contributed by atoms with Crippen molar-refractivity contribution in [2.75, 3.05) is 5.73 Å². The van der Waals surface area contributed by atoms with Crippen LogP contribution in [0.2, 0.25) is 0 Å². The first kappa shape index (κ1) is 9.33. The molecule has 0 spiro atoms. The molecular formula is C11H10N2O2. The monoisotopic (exact) mass is 202 g/mol. The highest BCUT2D eigenvalue weighted by Crippen LogP contribution is 2.27. The molecule has 0 aliphatic rings. The van der Waals surface area contributed by atoms with E-state index in [1.54, 1.807) is 6.20 Å². The van der Waals surface area contributed by atoms with E-state index in [4.69, 9.17) is 10.8 Å². The number of nitrogen functional groups attached to an aromatic ring is 1. The topological polar surface area (TPSA) is 79.1 Å². The third-order valence-corrected chi connectivity index (χ3v) is 2.21. The Hall–Kier alpha value is -2.23. The van der Waals surface area contributed by atoms with Crippen molar-refractivity contribution in [3.05, 3.63) is 42.1 Å². The number of hydrogen-bond acceptors (Lipinski definition) is 2. The fraction of sp³-hybridized carbons (Fsp3) is 0. The van der Waals surface area contributed by atoms with Gasteiger partial charge in [-0.05, 0) is 5.56 Å². The van der Waals surface area contributed by atoms with E-state index in [0.717, 1.165) is 5.56 Å². The molecule has 4 nitrogen and oxygen atoms in total. The van der Waals surface area contributed by atoms with Crippen molar-refractivity contribution in [2.45, 2.75) is 0 Å². The number of aromatic carboxylic acids is 1. The number of aromatic nitrogens is 1. The molecule has 1 heterocycles. The summed E-state index contributed by atoms with van der Waals surface area (Å²) in [4.78, 5) is 13.7. The van der Waals surface area contributed by atoms with Gasteiger partial charge in [0.05, 0.1) is 0 Å². The normalized spacial score (nSPS) is 10.1. The van der Waals surface area contributed by atoms with E-state index in [-0.39, 0.29) is 11.4 Å². The van der Waals surface area contributed by atoms with Gasteiger partial charge in [-0.15, -0.1) is 0 Å². The van der Waals surface area contributed by atoms with Crippen LogP contribution in [0.3, 0.4) is 0 Å². The minimum Gasteiger partial charge on any atom is -0.478 e. The van der Waals surface area contributed by atoms with Gasteiger partial charge in [0.2, 0.25) is 0 Å². The molecule has 76 valence electrons. The Morgan fingerprint density at radius 3 is 2.53 bits per heavy atom. The lowest BCUT2D eigenvalue weighted by Crippen LogP contribution is -2.01. The minimum absolute atomic E-state index is 0.126. The largest absolute Gasteiger partial charge is 0.478 e. The van der Waals surface area contributed by atoms with Crippen molar-refractivity contribution < 1.29 is 9.90 Å². The molecule has 2 rings (SSSR count). The fourth-order valence-electron chi connectivity index (χ4n) is 1.52. The van der Waals surface area contributed by atoms with Gasteiger partial charge in [-0.25, -0.2) is 4.79 Å². The Balaban J connectivity index is 2.59. The third-order valence-electron chi connectivity index (χ3n) is 2.21. The molecule has 15 heavy (non-hydrogen) atoms. The van der Waals surface area contributed by atoms with Crippen molar-refractivity contribution in [1.82, 2.24) is 4.98 Å². The molecule has 2 aromatic rings. The predicted molar refractivity (Wildman–Crippen MR) is 57.6 cm³/mol. The van der Waals surface area contributed by atoms with E-state index in [0.29, 0.717) is 5.56 Å². The van der Waals surface area contributed by atoms with Crippen molar-refractivity contribution in [3.63, 3.8) is 0 Å². The number of carboxylic acids is 1. The first-order chi connectivity index (χ1) is 7.20. The van der Waals surface area contributed by atoms with E-state index in [2.05, 4.69) is 4.98 Å². The first-order valence-corrected chi connectivity index (χ1v) is 4.45. The van der Waals surface area contributed by atoms with Crippen molar-refractivity contribution in [1.29, 1.82) is 0 Å². The van der Waals surface area contributed by atoms with E-state index in [9.17, 15) is 4.79 Å². The SMILES string of the molecule is Nc1[nH]cc(-c2ccccc2)c1C(=O)O. The number of benzene rings is 1. The quantitative estimate of drug-likeness (QED) is 0.696. The van der Waals surface area contributed by atoms with Crippen molar-refractivity contribution in [2.24, 2.45) is 0 Å². The Labute approximate surface area is 86.4 Å². The molecular weight excluding hydrogens is 192 g/mol. The van der Waals surface area contributed by atoms with Crippen LogP contribution in [0.1, 0.15) is 10.4 Å². The summed E-state index contributed by atoms with van der Waals surface area (Å²) < 4.78 is 0. The van der Waals surface area contributed by atoms with Crippen molar-refractivity contribution >= 4 is 11.8 Å². The molecule has 0 amide bonds. The molecule has 0 bridgehead atoms. The average Bonchev–Trinajstić information content (AvgIpc) is 2.61. The summed E-state index contributed by atoms with van der Waals surface area (Å²) in [6.45, 7) is 0. The number of rotatable bonds is 2. The van der Waals surface area contributed by atoms with Gasteiger partial charge in [0, 0.05) is 11.8 Å². The fourth-order valence-corrected chi connectivity index (χ4v) is 1.52. The molecule has 0 aliphatic heterocycles. The maximum Gasteiger partial charge on any atom is 0.340 e. The molecule has 0 unspecified atom stereocenters. The zero-order chi connectivity index (χ0) is 10.8. The summed E-state index contributed by atoms with van der Waals surface area (Å²) in [6, 6.07) is 9.26. The van der Waals surface area contributed by atoms with Crippen LogP contribution in [0.5, 0.6) is 0 Å². The van der Waals surface area contributed by atoms with E-state index < -0.39 is 5.97 Å².